The molecular weight excluding hydrogens is 632 g/mol. The standard InChI is InChI=1S/C40H63ClN6O2/c1-7-8-9-10-11-12-13-14-15-17-23-32(49-31-27-38(2,3)46-39(4,5)28-31)37(48)42-30-22-20-21-29(26-30)35-43-36-33(41)34(44-47(36)45-35)40(6)24-18-16-19-25-40/h20-22,26,31-32,44,46H,7-19,23-25,27-28H2,1-6H3,(H,42,48). The second-order valence-electron chi connectivity index (χ2n) is 16.7. The van der Waals surface area contributed by atoms with Crippen molar-refractivity contribution >= 4 is 28.8 Å². The third-order valence-electron chi connectivity index (χ3n) is 10.8. The highest BCUT2D eigenvalue weighted by molar-refractivity contribution is 6.34. The summed E-state index contributed by atoms with van der Waals surface area (Å²) in [5.41, 5.74) is 3.12. The zero-order valence-corrected chi connectivity index (χ0v) is 32.0. The maximum Gasteiger partial charge on any atom is 0.253 e. The molecule has 3 N–H and O–H groups in total. The molecule has 8 nitrogen and oxygen atoms in total. The average Bonchev–Trinajstić information content (AvgIpc) is 3.60. The summed E-state index contributed by atoms with van der Waals surface area (Å²) in [6, 6.07) is 7.77. The Morgan fingerprint density at radius 2 is 1.59 bits per heavy atom. The van der Waals surface area contributed by atoms with Gasteiger partial charge in [-0.05, 0) is 71.9 Å². The first-order valence-electron chi connectivity index (χ1n) is 19.4. The first kappa shape index (κ1) is 37.8. The number of benzene rings is 1. The van der Waals surface area contributed by atoms with Crippen molar-refractivity contribution in [1.82, 2.24) is 25.1 Å². The van der Waals surface area contributed by atoms with Crippen LogP contribution in [0.4, 0.5) is 5.69 Å². The van der Waals surface area contributed by atoms with E-state index in [2.05, 4.69) is 57.3 Å². The predicted octanol–water partition coefficient (Wildman–Crippen LogP) is 10.5. The van der Waals surface area contributed by atoms with Gasteiger partial charge in [-0.2, -0.15) is 4.63 Å². The van der Waals surface area contributed by atoms with Crippen LogP contribution in [0.25, 0.3) is 17.0 Å². The van der Waals surface area contributed by atoms with Crippen molar-refractivity contribution in [2.24, 2.45) is 0 Å². The molecule has 1 unspecified atom stereocenters. The SMILES string of the molecule is CCCCCCCCCCCCC(OC1CC(C)(C)NC(C)(C)C1)C(=O)Nc1cccc(-c2nc3c(Cl)c(C4(C)CCCCC4)[nH]n3n2)c1. The molecule has 9 heteroatoms. The van der Waals surface area contributed by atoms with Gasteiger partial charge in [-0.25, -0.2) is 4.98 Å². The van der Waals surface area contributed by atoms with Crippen molar-refractivity contribution in [2.75, 3.05) is 5.32 Å². The molecule has 2 aliphatic rings. The van der Waals surface area contributed by atoms with Crippen LogP contribution in [0.5, 0.6) is 0 Å². The number of piperidine rings is 1. The number of nitrogens with one attached hydrogen (secondary N) is 3. The Hall–Kier alpha value is -2.42. The summed E-state index contributed by atoms with van der Waals surface area (Å²) < 4.78 is 8.41. The Bertz CT molecular complexity index is 1490. The van der Waals surface area contributed by atoms with E-state index in [9.17, 15) is 4.79 Å². The van der Waals surface area contributed by atoms with Crippen LogP contribution in [0, 0.1) is 0 Å². The molecule has 1 saturated carbocycles. The number of aromatic nitrogens is 4. The fourth-order valence-electron chi connectivity index (χ4n) is 8.50. The summed E-state index contributed by atoms with van der Waals surface area (Å²) in [6.45, 7) is 13.5. The lowest BCUT2D eigenvalue weighted by Gasteiger charge is -2.46. The van der Waals surface area contributed by atoms with Gasteiger partial charge in [-0.15, -0.1) is 5.10 Å². The summed E-state index contributed by atoms with van der Waals surface area (Å²) in [7, 11) is 0. The van der Waals surface area contributed by atoms with Crippen molar-refractivity contribution in [3.63, 3.8) is 0 Å². The van der Waals surface area contributed by atoms with Crippen LogP contribution in [-0.4, -0.2) is 49.0 Å². The van der Waals surface area contributed by atoms with Gasteiger partial charge in [0.05, 0.1) is 11.8 Å². The van der Waals surface area contributed by atoms with Crippen LogP contribution in [0.3, 0.4) is 0 Å². The van der Waals surface area contributed by atoms with Crippen LogP contribution in [-0.2, 0) is 14.9 Å². The van der Waals surface area contributed by atoms with Crippen LogP contribution in [0.1, 0.15) is 163 Å². The molecule has 2 fully saturated rings. The van der Waals surface area contributed by atoms with Gasteiger partial charge < -0.3 is 15.4 Å². The lowest BCUT2D eigenvalue weighted by molar-refractivity contribution is -0.136. The fraction of sp³-hybridized carbons (Fsp3) is 0.725. The van der Waals surface area contributed by atoms with Crippen molar-refractivity contribution in [2.45, 2.75) is 186 Å². The number of amides is 1. The molecule has 1 atom stereocenters. The number of aromatic amines is 1. The summed E-state index contributed by atoms with van der Waals surface area (Å²) in [4.78, 5) is 18.7. The Morgan fingerprint density at radius 1 is 0.959 bits per heavy atom. The van der Waals surface area contributed by atoms with Crippen LogP contribution in [0.15, 0.2) is 24.3 Å². The van der Waals surface area contributed by atoms with E-state index in [4.69, 9.17) is 26.4 Å². The van der Waals surface area contributed by atoms with E-state index in [1.807, 2.05) is 24.3 Å². The van der Waals surface area contributed by atoms with Gasteiger partial charge in [0.15, 0.2) is 11.5 Å². The molecule has 1 amide bonds. The summed E-state index contributed by atoms with van der Waals surface area (Å²) in [5, 5.41) is 15.8. The number of H-pyrrole nitrogens is 1. The van der Waals surface area contributed by atoms with Gasteiger partial charge >= 0.3 is 0 Å². The number of hydrogen-bond acceptors (Lipinski definition) is 5. The maximum atomic E-state index is 13.9. The van der Waals surface area contributed by atoms with Gasteiger partial charge in [0.25, 0.3) is 5.91 Å². The Kier molecular flexibility index (Phi) is 12.9. The smallest absolute Gasteiger partial charge is 0.253 e. The Balaban J connectivity index is 1.23. The van der Waals surface area contributed by atoms with E-state index in [0.717, 1.165) is 56.2 Å². The molecule has 0 spiro atoms. The first-order valence-corrected chi connectivity index (χ1v) is 19.8. The van der Waals surface area contributed by atoms with Crippen LogP contribution < -0.4 is 10.6 Å². The van der Waals surface area contributed by atoms with Gasteiger partial charge in [-0.1, -0.05) is 121 Å². The molecule has 3 aromatic rings. The van der Waals surface area contributed by atoms with Crippen molar-refractivity contribution in [3.8, 4) is 11.4 Å². The number of carbonyl (C=O) groups excluding carboxylic acids is 1. The summed E-state index contributed by atoms with van der Waals surface area (Å²) >= 11 is 6.90. The molecule has 1 saturated heterocycles. The van der Waals surface area contributed by atoms with E-state index >= 15 is 0 Å². The number of rotatable bonds is 17. The normalized spacial score (nSPS) is 19.7. The highest BCUT2D eigenvalue weighted by Crippen LogP contribution is 2.42. The molecule has 49 heavy (non-hydrogen) atoms. The van der Waals surface area contributed by atoms with E-state index in [1.54, 1.807) is 4.63 Å². The lowest BCUT2D eigenvalue weighted by atomic mass is 9.73. The molecule has 3 heterocycles. The van der Waals surface area contributed by atoms with Crippen molar-refractivity contribution < 1.29 is 9.53 Å². The molecule has 1 aliphatic heterocycles. The molecule has 5 rings (SSSR count). The Morgan fingerprint density at radius 3 is 2.22 bits per heavy atom. The zero-order valence-electron chi connectivity index (χ0n) is 31.2. The van der Waals surface area contributed by atoms with Gasteiger partial charge in [0, 0.05) is 27.7 Å². The predicted molar refractivity (Wildman–Crippen MR) is 203 cm³/mol. The number of fused-ring (bicyclic) bond motifs is 1. The molecule has 0 radical (unpaired) electrons. The van der Waals surface area contributed by atoms with Crippen LogP contribution >= 0.6 is 11.6 Å². The van der Waals surface area contributed by atoms with Gasteiger partial charge in [-0.3, -0.25) is 9.89 Å². The molecule has 1 aromatic carbocycles. The highest BCUT2D eigenvalue weighted by Gasteiger charge is 2.40. The van der Waals surface area contributed by atoms with Gasteiger partial charge in [0.1, 0.15) is 11.1 Å². The van der Waals surface area contributed by atoms with Crippen LogP contribution in [0.2, 0.25) is 5.02 Å². The average molecular weight is 695 g/mol. The molecule has 272 valence electrons. The fourth-order valence-corrected chi connectivity index (χ4v) is 8.89. The second-order valence-corrected chi connectivity index (χ2v) is 17.1. The summed E-state index contributed by atoms with van der Waals surface area (Å²) in [6.07, 6.45) is 20.5. The van der Waals surface area contributed by atoms with Crippen molar-refractivity contribution in [3.05, 3.63) is 35.0 Å². The molecular formula is C40H63ClN6O2. The third-order valence-corrected chi connectivity index (χ3v) is 11.2. The van der Waals surface area contributed by atoms with Crippen molar-refractivity contribution in [1.29, 1.82) is 0 Å². The minimum absolute atomic E-state index is 0.0136. The maximum absolute atomic E-state index is 13.9. The quantitative estimate of drug-likeness (QED) is 0.122. The zero-order chi connectivity index (χ0) is 35.1. The van der Waals surface area contributed by atoms with E-state index in [1.165, 1.54) is 70.6 Å². The molecule has 1 aliphatic carbocycles. The number of anilines is 1. The van der Waals surface area contributed by atoms with E-state index < -0.39 is 6.10 Å². The number of carbonyl (C=O) groups is 1. The van der Waals surface area contributed by atoms with E-state index in [-0.39, 0.29) is 28.5 Å². The topological polar surface area (TPSA) is 96.3 Å². The molecule has 0 bridgehead atoms. The van der Waals surface area contributed by atoms with Gasteiger partial charge in [0.2, 0.25) is 0 Å². The number of ether oxygens (including phenoxy) is 1. The number of unbranched alkanes of at least 4 members (excludes halogenated alkanes) is 9. The second kappa shape index (κ2) is 16.7. The number of halogens is 1. The monoisotopic (exact) mass is 694 g/mol. The minimum atomic E-state index is -0.505. The highest BCUT2D eigenvalue weighted by atomic mass is 35.5. The third kappa shape index (κ3) is 10.3. The number of hydrogen-bond donors (Lipinski definition) is 3. The largest absolute Gasteiger partial charge is 0.365 e. The number of nitrogens with zero attached hydrogens (tertiary/aromatic N) is 3. The lowest BCUT2D eigenvalue weighted by Crippen LogP contribution is -2.60. The molecule has 2 aromatic heterocycles. The minimum Gasteiger partial charge on any atom is -0.365 e. The summed E-state index contributed by atoms with van der Waals surface area (Å²) in [5.74, 6) is 0.488. The first-order chi connectivity index (χ1) is 23.4. The Labute approximate surface area is 300 Å². The van der Waals surface area contributed by atoms with E-state index in [0.29, 0.717) is 22.2 Å².